The molecule has 1 aliphatic rings. The number of hydrogen-bond donors (Lipinski definition) is 0. The van der Waals surface area contributed by atoms with Crippen molar-refractivity contribution in [3.8, 4) is 61.3 Å². The molecule has 1 aromatic heterocycles. The van der Waals surface area contributed by atoms with E-state index >= 15 is 0 Å². The van der Waals surface area contributed by atoms with Crippen LogP contribution in [0.3, 0.4) is 0 Å². The molecule has 0 N–H and O–H groups in total. The van der Waals surface area contributed by atoms with Crippen LogP contribution in [-0.4, -0.2) is 4.57 Å². The minimum Gasteiger partial charge on any atom is -0.310 e. The molecule has 0 aliphatic heterocycles. The fraction of sp³-hybridized carbons (Fsp3) is 0.0476. The Morgan fingerprint density at radius 1 is 0.308 bits per heavy atom. The average molecular weight is 831 g/mol. The number of anilines is 3. The highest BCUT2D eigenvalue weighted by molar-refractivity contribution is 6.10. The minimum absolute atomic E-state index is 0.102. The van der Waals surface area contributed by atoms with Crippen LogP contribution in [0.1, 0.15) is 25.0 Å². The molecule has 11 aromatic rings. The third-order valence-corrected chi connectivity index (χ3v) is 13.6. The van der Waals surface area contributed by atoms with Gasteiger partial charge in [0.1, 0.15) is 0 Å². The van der Waals surface area contributed by atoms with Gasteiger partial charge in [0.15, 0.2) is 0 Å². The quantitative estimate of drug-likeness (QED) is 0.148. The molecule has 0 spiro atoms. The van der Waals surface area contributed by atoms with Gasteiger partial charge >= 0.3 is 0 Å². The SMILES string of the molecule is CC1(C)c2ccccc2-c2ccc(N(c3ccc(-c4ccccc4)cc3)c3ccc(-c4cccc(-c5ccc6c7ccccc7n(-c7ccc(-c8ccccc8)cc7)c6c5)c4)cc3)cc21. The predicted molar refractivity (Wildman–Crippen MR) is 275 cm³/mol. The van der Waals surface area contributed by atoms with Crippen LogP contribution in [0.15, 0.2) is 243 Å². The molecule has 0 atom stereocenters. The number of rotatable bonds is 8. The fourth-order valence-electron chi connectivity index (χ4n) is 10.3. The van der Waals surface area contributed by atoms with Gasteiger partial charge in [0.05, 0.1) is 11.0 Å². The normalized spacial score (nSPS) is 12.6. The summed E-state index contributed by atoms with van der Waals surface area (Å²) in [6.07, 6.45) is 0. The lowest BCUT2D eigenvalue weighted by atomic mass is 9.82. The van der Waals surface area contributed by atoms with Gasteiger partial charge in [0.2, 0.25) is 0 Å². The molecule has 2 heteroatoms. The van der Waals surface area contributed by atoms with Crippen LogP contribution < -0.4 is 4.90 Å². The number of para-hydroxylation sites is 1. The van der Waals surface area contributed by atoms with E-state index in [0.29, 0.717) is 0 Å². The van der Waals surface area contributed by atoms with Crippen molar-refractivity contribution >= 4 is 38.9 Å². The molecular weight excluding hydrogens is 785 g/mol. The van der Waals surface area contributed by atoms with Gasteiger partial charge in [-0.2, -0.15) is 0 Å². The van der Waals surface area contributed by atoms with Crippen molar-refractivity contribution in [1.29, 1.82) is 0 Å². The zero-order valence-corrected chi connectivity index (χ0v) is 36.5. The summed E-state index contributed by atoms with van der Waals surface area (Å²) < 4.78 is 2.41. The summed E-state index contributed by atoms with van der Waals surface area (Å²) in [7, 11) is 0. The summed E-state index contributed by atoms with van der Waals surface area (Å²) in [5.41, 5.74) is 21.8. The van der Waals surface area contributed by atoms with Gasteiger partial charge in [-0.25, -0.2) is 0 Å². The summed E-state index contributed by atoms with van der Waals surface area (Å²) in [5.74, 6) is 0. The van der Waals surface area contributed by atoms with Crippen LogP contribution >= 0.6 is 0 Å². The fourth-order valence-corrected chi connectivity index (χ4v) is 10.3. The lowest BCUT2D eigenvalue weighted by molar-refractivity contribution is 0.660. The van der Waals surface area contributed by atoms with E-state index in [9.17, 15) is 0 Å². The van der Waals surface area contributed by atoms with Crippen molar-refractivity contribution in [3.63, 3.8) is 0 Å². The van der Waals surface area contributed by atoms with Crippen LogP contribution in [0.4, 0.5) is 17.1 Å². The van der Waals surface area contributed by atoms with E-state index in [2.05, 4.69) is 266 Å². The largest absolute Gasteiger partial charge is 0.310 e. The average Bonchev–Trinajstić information content (AvgIpc) is 3.82. The Bertz CT molecular complexity index is 3520. The summed E-state index contributed by atoms with van der Waals surface area (Å²) in [6.45, 7) is 4.71. The second kappa shape index (κ2) is 15.6. The Kier molecular flexibility index (Phi) is 9.21. The van der Waals surface area contributed by atoms with E-state index in [0.717, 1.165) is 22.7 Å². The maximum atomic E-state index is 2.41. The molecule has 65 heavy (non-hydrogen) atoms. The topological polar surface area (TPSA) is 8.17 Å². The van der Waals surface area contributed by atoms with E-state index in [1.54, 1.807) is 0 Å². The molecule has 0 bridgehead atoms. The molecule has 0 amide bonds. The van der Waals surface area contributed by atoms with Crippen LogP contribution in [0.5, 0.6) is 0 Å². The van der Waals surface area contributed by atoms with Gasteiger partial charge in [0, 0.05) is 38.9 Å². The maximum Gasteiger partial charge on any atom is 0.0547 e. The number of nitrogens with zero attached hydrogens (tertiary/aromatic N) is 2. The van der Waals surface area contributed by atoms with E-state index in [-0.39, 0.29) is 5.41 Å². The smallest absolute Gasteiger partial charge is 0.0547 e. The molecule has 1 heterocycles. The van der Waals surface area contributed by atoms with Crippen molar-refractivity contribution in [2.75, 3.05) is 4.90 Å². The van der Waals surface area contributed by atoms with E-state index in [1.807, 2.05) is 0 Å². The molecule has 0 radical (unpaired) electrons. The maximum absolute atomic E-state index is 2.41. The second-order valence-corrected chi connectivity index (χ2v) is 17.8. The Labute approximate surface area is 381 Å². The zero-order valence-electron chi connectivity index (χ0n) is 36.5. The molecule has 10 aromatic carbocycles. The van der Waals surface area contributed by atoms with Crippen molar-refractivity contribution in [2.24, 2.45) is 0 Å². The Morgan fingerprint density at radius 2 is 0.769 bits per heavy atom. The first-order valence-corrected chi connectivity index (χ1v) is 22.6. The third kappa shape index (κ3) is 6.65. The van der Waals surface area contributed by atoms with Crippen molar-refractivity contribution in [3.05, 3.63) is 254 Å². The van der Waals surface area contributed by atoms with Gasteiger partial charge in [-0.15, -0.1) is 0 Å². The number of hydrogen-bond acceptors (Lipinski definition) is 1. The van der Waals surface area contributed by atoms with Gasteiger partial charge in [-0.05, 0) is 133 Å². The monoisotopic (exact) mass is 830 g/mol. The minimum atomic E-state index is -0.102. The first-order chi connectivity index (χ1) is 32.0. The summed E-state index contributed by atoms with van der Waals surface area (Å²) >= 11 is 0. The molecule has 12 rings (SSSR count). The second-order valence-electron chi connectivity index (χ2n) is 17.8. The summed E-state index contributed by atoms with van der Waals surface area (Å²) in [6, 6.07) is 88.8. The molecule has 0 fully saturated rings. The standard InChI is InChI=1S/C63H46N2/c1-63(2)59-22-11-9-20-55(59)56-39-37-54(42-60(56)63)64(51-31-24-45(25-32-51)43-14-5-3-6-15-43)52-33-28-47(29-34-52)48-18-13-19-49(40-48)50-30-38-58-57-21-10-12-23-61(57)65(62(58)41-50)53-35-26-46(27-36-53)44-16-7-4-8-17-44/h3-42H,1-2H3. The highest BCUT2D eigenvalue weighted by atomic mass is 15.1. The van der Waals surface area contributed by atoms with Gasteiger partial charge in [-0.1, -0.05) is 190 Å². The molecule has 2 nitrogen and oxygen atoms in total. The Hall–Kier alpha value is -8.20. The van der Waals surface area contributed by atoms with Crippen LogP contribution in [-0.2, 0) is 5.41 Å². The number of aromatic nitrogens is 1. The van der Waals surface area contributed by atoms with E-state index < -0.39 is 0 Å². The highest BCUT2D eigenvalue weighted by Gasteiger charge is 2.35. The van der Waals surface area contributed by atoms with Crippen LogP contribution in [0.2, 0.25) is 0 Å². The first kappa shape index (κ1) is 38.5. The lowest BCUT2D eigenvalue weighted by Gasteiger charge is -2.28. The Morgan fingerprint density at radius 3 is 1.45 bits per heavy atom. The van der Waals surface area contributed by atoms with E-state index in [1.165, 1.54) is 88.6 Å². The first-order valence-electron chi connectivity index (χ1n) is 22.6. The lowest BCUT2D eigenvalue weighted by Crippen LogP contribution is -2.16. The van der Waals surface area contributed by atoms with Gasteiger partial charge in [-0.3, -0.25) is 0 Å². The molecule has 308 valence electrons. The van der Waals surface area contributed by atoms with Crippen LogP contribution in [0.25, 0.3) is 83.1 Å². The van der Waals surface area contributed by atoms with Gasteiger partial charge < -0.3 is 9.47 Å². The van der Waals surface area contributed by atoms with Crippen LogP contribution in [0, 0.1) is 0 Å². The molecule has 1 aliphatic carbocycles. The highest BCUT2D eigenvalue weighted by Crippen LogP contribution is 2.51. The zero-order chi connectivity index (χ0) is 43.5. The molecule has 0 unspecified atom stereocenters. The van der Waals surface area contributed by atoms with Crippen molar-refractivity contribution in [2.45, 2.75) is 19.3 Å². The Balaban J connectivity index is 0.903. The molecule has 0 saturated heterocycles. The van der Waals surface area contributed by atoms with Crippen molar-refractivity contribution in [1.82, 2.24) is 4.57 Å². The molecular formula is C63H46N2. The van der Waals surface area contributed by atoms with Gasteiger partial charge in [0.25, 0.3) is 0 Å². The van der Waals surface area contributed by atoms with Crippen molar-refractivity contribution < 1.29 is 0 Å². The number of fused-ring (bicyclic) bond motifs is 6. The molecule has 0 saturated carbocycles. The van der Waals surface area contributed by atoms with E-state index in [4.69, 9.17) is 0 Å². The third-order valence-electron chi connectivity index (χ3n) is 13.6. The summed E-state index contributed by atoms with van der Waals surface area (Å²) in [5, 5.41) is 2.50. The number of benzene rings is 10. The predicted octanol–water partition coefficient (Wildman–Crippen LogP) is 17.2. The summed E-state index contributed by atoms with van der Waals surface area (Å²) in [4.78, 5) is 2.40.